The van der Waals surface area contributed by atoms with E-state index in [2.05, 4.69) is 9.97 Å². The Labute approximate surface area is 200 Å². The minimum atomic E-state index is -0.328. The van der Waals surface area contributed by atoms with Gasteiger partial charge in [-0.2, -0.15) is 0 Å². The van der Waals surface area contributed by atoms with E-state index >= 15 is 0 Å². The summed E-state index contributed by atoms with van der Waals surface area (Å²) < 4.78 is 21.2. The third-order valence-corrected chi connectivity index (χ3v) is 6.25. The minimum absolute atomic E-state index is 0.109. The highest BCUT2D eigenvalue weighted by atomic mass is 32.2. The number of hydrogen-bond acceptors (Lipinski definition) is 5. The van der Waals surface area contributed by atoms with Crippen molar-refractivity contribution in [1.82, 2.24) is 14.5 Å². The van der Waals surface area contributed by atoms with Crippen LogP contribution < -0.4 is 0 Å². The van der Waals surface area contributed by atoms with E-state index in [4.69, 9.17) is 4.74 Å². The first-order valence-electron chi connectivity index (χ1n) is 10.7. The number of ether oxygens (including phenoxy) is 1. The van der Waals surface area contributed by atoms with Gasteiger partial charge in [-0.1, -0.05) is 78.5 Å². The highest BCUT2D eigenvalue weighted by Crippen LogP contribution is 2.36. The van der Waals surface area contributed by atoms with Crippen molar-refractivity contribution >= 4 is 28.8 Å². The van der Waals surface area contributed by atoms with Crippen LogP contribution in [0.1, 0.15) is 5.56 Å². The zero-order valence-corrected chi connectivity index (χ0v) is 18.9. The van der Waals surface area contributed by atoms with Crippen molar-refractivity contribution in [3.63, 3.8) is 0 Å². The third kappa shape index (κ3) is 4.70. The number of nitrogens with zero attached hydrogens (tertiary/aromatic N) is 3. The average Bonchev–Trinajstić information content (AvgIpc) is 3.28. The lowest BCUT2D eigenvalue weighted by atomic mass is 10.1. The molecule has 0 saturated heterocycles. The van der Waals surface area contributed by atoms with Gasteiger partial charge in [-0.15, -0.1) is 0 Å². The molecule has 0 amide bonds. The Morgan fingerprint density at radius 2 is 1.71 bits per heavy atom. The van der Waals surface area contributed by atoms with Crippen LogP contribution in [0, 0.1) is 5.82 Å². The van der Waals surface area contributed by atoms with Gasteiger partial charge in [-0.25, -0.2) is 14.4 Å². The maximum atomic E-state index is 14.0. The maximum absolute atomic E-state index is 14.0. The van der Waals surface area contributed by atoms with E-state index in [0.29, 0.717) is 16.4 Å². The van der Waals surface area contributed by atoms with E-state index in [1.165, 1.54) is 30.2 Å². The van der Waals surface area contributed by atoms with E-state index in [0.717, 1.165) is 22.1 Å². The van der Waals surface area contributed by atoms with Gasteiger partial charge >= 0.3 is 5.97 Å². The molecule has 0 spiro atoms. The molecule has 0 atom stereocenters. The quantitative estimate of drug-likeness (QED) is 0.165. The summed E-state index contributed by atoms with van der Waals surface area (Å²) in [5, 5.41) is 1.47. The zero-order valence-electron chi connectivity index (χ0n) is 18.1. The summed E-state index contributed by atoms with van der Waals surface area (Å²) in [6.45, 7) is 0.227. The lowest BCUT2D eigenvalue weighted by Gasteiger charge is -2.07. The molecule has 5 rings (SSSR count). The SMILES string of the molecule is O=C(CSc1ncnc2c1c(-c1ccccc1)cn2-c1cccc(F)c1)OCc1ccccc1. The van der Waals surface area contributed by atoms with Gasteiger partial charge in [0.15, 0.2) is 0 Å². The smallest absolute Gasteiger partial charge is 0.316 e. The first kappa shape index (κ1) is 21.9. The fourth-order valence-electron chi connectivity index (χ4n) is 3.71. The number of fused-ring (bicyclic) bond motifs is 1. The van der Waals surface area contributed by atoms with Crippen molar-refractivity contribution in [2.24, 2.45) is 0 Å². The number of rotatable bonds is 7. The van der Waals surface area contributed by atoms with Crippen LogP contribution in [0.5, 0.6) is 0 Å². The number of hydrogen-bond donors (Lipinski definition) is 0. The first-order valence-corrected chi connectivity index (χ1v) is 11.7. The van der Waals surface area contributed by atoms with Crippen LogP contribution in [-0.4, -0.2) is 26.3 Å². The molecule has 0 saturated carbocycles. The molecule has 0 aliphatic carbocycles. The van der Waals surface area contributed by atoms with Gasteiger partial charge in [0.2, 0.25) is 0 Å². The van der Waals surface area contributed by atoms with Gasteiger partial charge < -0.3 is 9.30 Å². The predicted molar refractivity (Wildman–Crippen MR) is 131 cm³/mol. The molecule has 0 aliphatic heterocycles. The predicted octanol–water partition coefficient (Wildman–Crippen LogP) is 6.06. The molecule has 7 heteroatoms. The molecule has 0 N–H and O–H groups in total. The highest BCUT2D eigenvalue weighted by molar-refractivity contribution is 8.00. The summed E-state index contributed by atoms with van der Waals surface area (Å²) in [6, 6.07) is 25.8. The Bertz CT molecular complexity index is 1440. The van der Waals surface area contributed by atoms with Gasteiger partial charge in [0.1, 0.15) is 29.4 Å². The number of benzene rings is 3. The first-order chi connectivity index (χ1) is 16.7. The Hall–Kier alpha value is -3.97. The Balaban J connectivity index is 1.48. The second kappa shape index (κ2) is 9.89. The molecule has 0 unspecified atom stereocenters. The largest absolute Gasteiger partial charge is 0.460 e. The lowest BCUT2D eigenvalue weighted by Crippen LogP contribution is -2.07. The molecule has 34 heavy (non-hydrogen) atoms. The number of carbonyl (C=O) groups excluding carboxylic acids is 1. The molecule has 5 aromatic rings. The molecule has 168 valence electrons. The molecule has 2 aromatic heterocycles. The molecule has 0 fully saturated rings. The molecule has 3 aromatic carbocycles. The van der Waals surface area contributed by atoms with Gasteiger partial charge in [-0.05, 0) is 29.3 Å². The van der Waals surface area contributed by atoms with Crippen molar-refractivity contribution in [2.45, 2.75) is 11.6 Å². The van der Waals surface area contributed by atoms with Crippen molar-refractivity contribution in [3.05, 3.63) is 109 Å². The Morgan fingerprint density at radius 3 is 2.47 bits per heavy atom. The van der Waals surface area contributed by atoms with Crippen LogP contribution in [0.25, 0.3) is 27.8 Å². The number of halogens is 1. The molecule has 0 radical (unpaired) electrons. The van der Waals surface area contributed by atoms with Gasteiger partial charge in [-0.3, -0.25) is 4.79 Å². The number of aromatic nitrogens is 3. The summed E-state index contributed by atoms with van der Waals surface area (Å²) in [7, 11) is 0. The monoisotopic (exact) mass is 469 g/mol. The van der Waals surface area contributed by atoms with Gasteiger partial charge in [0, 0.05) is 17.4 Å². The number of carbonyl (C=O) groups is 1. The topological polar surface area (TPSA) is 57.0 Å². The zero-order chi connectivity index (χ0) is 23.3. The van der Waals surface area contributed by atoms with Crippen molar-refractivity contribution in [2.75, 3.05) is 5.75 Å². The summed E-state index contributed by atoms with van der Waals surface area (Å²) in [4.78, 5) is 21.4. The van der Waals surface area contributed by atoms with E-state index in [-0.39, 0.29) is 24.1 Å². The summed E-state index contributed by atoms with van der Waals surface area (Å²) >= 11 is 1.30. The van der Waals surface area contributed by atoms with E-state index in [1.807, 2.05) is 77.5 Å². The van der Waals surface area contributed by atoms with Crippen molar-refractivity contribution in [3.8, 4) is 16.8 Å². The normalized spacial score (nSPS) is 11.0. The van der Waals surface area contributed by atoms with Gasteiger partial charge in [0.05, 0.1) is 11.1 Å². The number of thioether (sulfide) groups is 1. The second-order valence-electron chi connectivity index (χ2n) is 7.57. The Kier molecular flexibility index (Phi) is 6.35. The average molecular weight is 470 g/mol. The van der Waals surface area contributed by atoms with Crippen LogP contribution in [0.3, 0.4) is 0 Å². The van der Waals surface area contributed by atoms with Gasteiger partial charge in [0.25, 0.3) is 0 Å². The van der Waals surface area contributed by atoms with Crippen LogP contribution >= 0.6 is 11.8 Å². The molecular weight excluding hydrogens is 449 g/mol. The standard InChI is InChI=1S/C27H20FN3O2S/c28-21-12-7-13-22(14-21)31-15-23(20-10-5-2-6-11-20)25-26(31)29-18-30-27(25)34-17-24(32)33-16-19-8-3-1-4-9-19/h1-15,18H,16-17H2. The molecule has 5 nitrogen and oxygen atoms in total. The van der Waals surface area contributed by atoms with E-state index in [1.54, 1.807) is 6.07 Å². The van der Waals surface area contributed by atoms with Crippen LogP contribution in [0.15, 0.2) is 102 Å². The van der Waals surface area contributed by atoms with E-state index in [9.17, 15) is 9.18 Å². The summed E-state index contributed by atoms with van der Waals surface area (Å²) in [5.41, 5.74) is 4.11. The van der Waals surface area contributed by atoms with Crippen molar-refractivity contribution < 1.29 is 13.9 Å². The summed E-state index contributed by atoms with van der Waals surface area (Å²) in [6.07, 6.45) is 3.39. The molecule has 0 aliphatic rings. The maximum Gasteiger partial charge on any atom is 0.316 e. The summed E-state index contributed by atoms with van der Waals surface area (Å²) in [5.74, 6) is -0.546. The lowest BCUT2D eigenvalue weighted by molar-refractivity contribution is -0.141. The fourth-order valence-corrected chi connectivity index (χ4v) is 4.51. The minimum Gasteiger partial charge on any atom is -0.460 e. The second-order valence-corrected chi connectivity index (χ2v) is 8.54. The molecule has 0 bridgehead atoms. The van der Waals surface area contributed by atoms with Crippen LogP contribution in [0.4, 0.5) is 4.39 Å². The van der Waals surface area contributed by atoms with E-state index < -0.39 is 0 Å². The molecular formula is C27H20FN3O2S. The fraction of sp³-hybridized carbons (Fsp3) is 0.0741. The van der Waals surface area contributed by atoms with Crippen LogP contribution in [0.2, 0.25) is 0 Å². The number of esters is 1. The third-order valence-electron chi connectivity index (χ3n) is 5.29. The molecule has 2 heterocycles. The van der Waals surface area contributed by atoms with Crippen molar-refractivity contribution in [1.29, 1.82) is 0 Å². The Morgan fingerprint density at radius 1 is 0.941 bits per heavy atom. The highest BCUT2D eigenvalue weighted by Gasteiger charge is 2.19. The van der Waals surface area contributed by atoms with Crippen LogP contribution in [-0.2, 0) is 16.1 Å².